The summed E-state index contributed by atoms with van der Waals surface area (Å²) in [5, 5.41) is 2.55. The second kappa shape index (κ2) is 5.86. The Bertz CT molecular complexity index is 418. The molecule has 0 heterocycles. The molecule has 0 saturated carbocycles. The lowest BCUT2D eigenvalue weighted by Crippen LogP contribution is -2.24. The van der Waals surface area contributed by atoms with Crippen molar-refractivity contribution in [3.8, 4) is 0 Å². The summed E-state index contributed by atoms with van der Waals surface area (Å²) in [6, 6.07) is 4.39. The van der Waals surface area contributed by atoms with Crippen LogP contribution in [0.3, 0.4) is 0 Å². The van der Waals surface area contributed by atoms with Gasteiger partial charge in [0.2, 0.25) is 5.91 Å². The molecule has 0 aliphatic rings. The highest BCUT2D eigenvalue weighted by Crippen LogP contribution is 2.30. The van der Waals surface area contributed by atoms with Crippen molar-refractivity contribution in [2.75, 3.05) is 6.54 Å². The number of amides is 1. The predicted octanol–water partition coefficient (Wildman–Crippen LogP) is 2.23. The van der Waals surface area contributed by atoms with Gasteiger partial charge in [-0.1, -0.05) is 12.1 Å². The topological polar surface area (TPSA) is 55.1 Å². The number of nitrogens with one attached hydrogen (secondary N) is 1. The van der Waals surface area contributed by atoms with Gasteiger partial charge in [-0.05, 0) is 24.1 Å². The molecule has 0 aromatic heterocycles. The lowest BCUT2D eigenvalue weighted by molar-refractivity contribution is -0.137. The van der Waals surface area contributed by atoms with E-state index in [2.05, 4.69) is 5.32 Å². The van der Waals surface area contributed by atoms with Gasteiger partial charge in [-0.3, -0.25) is 4.79 Å². The van der Waals surface area contributed by atoms with Crippen LogP contribution < -0.4 is 11.1 Å². The minimum atomic E-state index is -4.37. The summed E-state index contributed by atoms with van der Waals surface area (Å²) in [6.07, 6.45) is -3.98. The first kappa shape index (κ1) is 14.5. The summed E-state index contributed by atoms with van der Waals surface area (Å²) < 4.78 is 37.5. The third kappa shape index (κ3) is 4.37. The number of halogens is 3. The van der Waals surface area contributed by atoms with E-state index in [1.54, 1.807) is 6.07 Å². The van der Waals surface area contributed by atoms with Crippen LogP contribution in [0.1, 0.15) is 30.5 Å². The lowest BCUT2D eigenvalue weighted by atomic mass is 10.0. The van der Waals surface area contributed by atoms with Gasteiger partial charge in [0.1, 0.15) is 0 Å². The predicted molar refractivity (Wildman–Crippen MR) is 61.7 cm³/mol. The molecule has 100 valence electrons. The van der Waals surface area contributed by atoms with Crippen LogP contribution in [0.4, 0.5) is 13.2 Å². The minimum Gasteiger partial charge on any atom is -0.356 e. The van der Waals surface area contributed by atoms with E-state index in [0.29, 0.717) is 18.5 Å². The first-order valence-electron chi connectivity index (χ1n) is 5.48. The number of alkyl halides is 3. The largest absolute Gasteiger partial charge is 0.416 e. The molecular formula is C12H15F3N2O. The van der Waals surface area contributed by atoms with Crippen molar-refractivity contribution < 1.29 is 18.0 Å². The van der Waals surface area contributed by atoms with Gasteiger partial charge < -0.3 is 11.1 Å². The Morgan fingerprint density at radius 2 is 2.11 bits per heavy atom. The fraction of sp³-hybridized carbons (Fsp3) is 0.417. The third-order valence-corrected chi connectivity index (χ3v) is 2.47. The maximum absolute atomic E-state index is 12.5. The molecule has 0 bridgehead atoms. The Labute approximate surface area is 103 Å². The highest BCUT2D eigenvalue weighted by atomic mass is 19.4. The van der Waals surface area contributed by atoms with E-state index in [4.69, 9.17) is 5.73 Å². The number of benzene rings is 1. The van der Waals surface area contributed by atoms with Crippen LogP contribution >= 0.6 is 0 Å². The molecule has 1 aromatic carbocycles. The molecule has 1 atom stereocenters. The molecule has 1 aromatic rings. The molecule has 3 N–H and O–H groups in total. The molecule has 1 unspecified atom stereocenters. The van der Waals surface area contributed by atoms with E-state index >= 15 is 0 Å². The third-order valence-electron chi connectivity index (χ3n) is 2.47. The van der Waals surface area contributed by atoms with Crippen LogP contribution in [0, 0.1) is 0 Å². The first-order valence-corrected chi connectivity index (χ1v) is 5.48. The Balaban J connectivity index is 2.68. The molecular weight excluding hydrogens is 245 g/mol. The van der Waals surface area contributed by atoms with Gasteiger partial charge >= 0.3 is 6.18 Å². The summed E-state index contributed by atoms with van der Waals surface area (Å²) in [5.74, 6) is -0.189. The zero-order chi connectivity index (χ0) is 13.8. The van der Waals surface area contributed by atoms with Crippen molar-refractivity contribution in [3.63, 3.8) is 0 Å². The SMILES string of the molecule is CC(=O)NCCC(N)c1cccc(C(F)(F)F)c1. The van der Waals surface area contributed by atoms with Crippen LogP contribution in [0.15, 0.2) is 24.3 Å². The van der Waals surface area contributed by atoms with Crippen molar-refractivity contribution in [1.29, 1.82) is 0 Å². The monoisotopic (exact) mass is 260 g/mol. The molecule has 0 aliphatic carbocycles. The van der Waals surface area contributed by atoms with E-state index < -0.39 is 17.8 Å². The number of hydrogen-bond donors (Lipinski definition) is 2. The van der Waals surface area contributed by atoms with Gasteiger partial charge in [0.05, 0.1) is 5.56 Å². The highest BCUT2D eigenvalue weighted by Gasteiger charge is 2.30. The summed E-state index contributed by atoms with van der Waals surface area (Å²) in [4.78, 5) is 10.6. The Morgan fingerprint density at radius 1 is 1.44 bits per heavy atom. The van der Waals surface area contributed by atoms with E-state index in [1.807, 2.05) is 0 Å². The van der Waals surface area contributed by atoms with Crippen LogP contribution in [0.5, 0.6) is 0 Å². The maximum Gasteiger partial charge on any atom is 0.416 e. The standard InChI is InChI=1S/C12H15F3N2O/c1-8(18)17-6-5-11(16)9-3-2-4-10(7-9)12(13,14)15/h2-4,7,11H,5-6,16H2,1H3,(H,17,18). The zero-order valence-corrected chi connectivity index (χ0v) is 9.92. The van der Waals surface area contributed by atoms with Gasteiger partial charge in [-0.15, -0.1) is 0 Å². The van der Waals surface area contributed by atoms with Crippen LogP contribution in [-0.4, -0.2) is 12.5 Å². The highest BCUT2D eigenvalue weighted by molar-refractivity contribution is 5.72. The molecule has 0 spiro atoms. The second-order valence-electron chi connectivity index (χ2n) is 4.00. The summed E-state index contributed by atoms with van der Waals surface area (Å²) in [5.41, 5.74) is 5.47. The lowest BCUT2D eigenvalue weighted by Gasteiger charge is -2.14. The number of nitrogens with two attached hydrogens (primary N) is 1. The van der Waals surface area contributed by atoms with Gasteiger partial charge in [-0.25, -0.2) is 0 Å². The van der Waals surface area contributed by atoms with Crippen molar-refractivity contribution >= 4 is 5.91 Å². The molecule has 0 saturated heterocycles. The molecule has 18 heavy (non-hydrogen) atoms. The number of hydrogen-bond acceptors (Lipinski definition) is 2. The molecule has 1 amide bonds. The number of carbonyl (C=O) groups excluding carboxylic acids is 1. The van der Waals surface area contributed by atoms with E-state index in [-0.39, 0.29) is 5.91 Å². The van der Waals surface area contributed by atoms with Crippen LogP contribution in [0.2, 0.25) is 0 Å². The summed E-state index contributed by atoms with van der Waals surface area (Å²) >= 11 is 0. The molecule has 6 heteroatoms. The van der Waals surface area contributed by atoms with Crippen molar-refractivity contribution in [2.24, 2.45) is 5.73 Å². The summed E-state index contributed by atoms with van der Waals surface area (Å²) in [7, 11) is 0. The molecule has 0 fully saturated rings. The Kier molecular flexibility index (Phi) is 4.72. The Morgan fingerprint density at radius 3 is 2.67 bits per heavy atom. The fourth-order valence-corrected chi connectivity index (χ4v) is 1.52. The van der Waals surface area contributed by atoms with E-state index in [9.17, 15) is 18.0 Å². The Hall–Kier alpha value is -1.56. The normalized spacial score (nSPS) is 13.2. The zero-order valence-electron chi connectivity index (χ0n) is 9.92. The second-order valence-corrected chi connectivity index (χ2v) is 4.00. The van der Waals surface area contributed by atoms with Crippen molar-refractivity contribution in [2.45, 2.75) is 25.6 Å². The minimum absolute atomic E-state index is 0.189. The fourth-order valence-electron chi connectivity index (χ4n) is 1.52. The first-order chi connectivity index (χ1) is 8.30. The van der Waals surface area contributed by atoms with E-state index in [1.165, 1.54) is 13.0 Å². The maximum atomic E-state index is 12.5. The van der Waals surface area contributed by atoms with Gasteiger partial charge in [0.25, 0.3) is 0 Å². The van der Waals surface area contributed by atoms with Gasteiger partial charge in [0.15, 0.2) is 0 Å². The number of carbonyl (C=O) groups is 1. The van der Waals surface area contributed by atoms with Crippen molar-refractivity contribution in [3.05, 3.63) is 35.4 Å². The van der Waals surface area contributed by atoms with E-state index in [0.717, 1.165) is 12.1 Å². The molecule has 1 rings (SSSR count). The molecule has 3 nitrogen and oxygen atoms in total. The molecule has 0 aliphatic heterocycles. The summed E-state index contributed by atoms with van der Waals surface area (Å²) in [6.45, 7) is 1.71. The average Bonchev–Trinajstić information content (AvgIpc) is 2.27. The quantitative estimate of drug-likeness (QED) is 0.872. The van der Waals surface area contributed by atoms with Gasteiger partial charge in [0, 0.05) is 19.5 Å². The van der Waals surface area contributed by atoms with Crippen LogP contribution in [-0.2, 0) is 11.0 Å². The van der Waals surface area contributed by atoms with Crippen molar-refractivity contribution in [1.82, 2.24) is 5.32 Å². The molecule has 0 radical (unpaired) electrons. The average molecular weight is 260 g/mol. The van der Waals surface area contributed by atoms with Gasteiger partial charge in [-0.2, -0.15) is 13.2 Å². The number of rotatable bonds is 4. The smallest absolute Gasteiger partial charge is 0.356 e. The van der Waals surface area contributed by atoms with Crippen LogP contribution in [0.25, 0.3) is 0 Å².